The average Bonchev–Trinajstić information content (AvgIpc) is 3.08. The number of hydrogen-bond acceptors (Lipinski definition) is 3. The van der Waals surface area contributed by atoms with Crippen LogP contribution in [0.4, 0.5) is 0 Å². The Balaban J connectivity index is -0.000000285. The van der Waals surface area contributed by atoms with Crippen LogP contribution in [0.15, 0.2) is 60.1 Å². The fraction of sp³-hybridized carbons (Fsp3) is 0.565. The van der Waals surface area contributed by atoms with Crippen LogP contribution in [0.3, 0.4) is 0 Å². The summed E-state index contributed by atoms with van der Waals surface area (Å²) in [4.78, 5) is 0. The van der Waals surface area contributed by atoms with Gasteiger partial charge in [-0.1, -0.05) is 58.3 Å². The summed E-state index contributed by atoms with van der Waals surface area (Å²) in [6.07, 6.45) is 16.4. The van der Waals surface area contributed by atoms with Crippen molar-refractivity contribution in [1.82, 2.24) is 0 Å². The first-order valence-electron chi connectivity index (χ1n) is 9.58. The predicted molar refractivity (Wildman–Crippen MR) is 109 cm³/mol. The molecule has 3 atom stereocenters. The van der Waals surface area contributed by atoms with Crippen molar-refractivity contribution in [2.45, 2.75) is 84.0 Å². The normalized spacial score (nSPS) is 14.6. The van der Waals surface area contributed by atoms with Gasteiger partial charge in [-0.2, -0.15) is 0 Å². The molecule has 0 aromatic carbocycles. The van der Waals surface area contributed by atoms with Crippen LogP contribution in [0.2, 0.25) is 0 Å². The fourth-order valence-corrected chi connectivity index (χ4v) is 1.84. The van der Waals surface area contributed by atoms with Crippen LogP contribution >= 0.6 is 0 Å². The summed E-state index contributed by atoms with van der Waals surface area (Å²) in [6.45, 7) is 15.5. The number of allylic oxidation sites excluding steroid dienone is 7. The van der Waals surface area contributed by atoms with Crippen LogP contribution in [0.5, 0.6) is 0 Å². The van der Waals surface area contributed by atoms with Gasteiger partial charge in [0.2, 0.25) is 0 Å². The molecule has 3 nitrogen and oxygen atoms in total. The second kappa shape index (κ2) is 25.3. The van der Waals surface area contributed by atoms with Crippen molar-refractivity contribution >= 4 is 0 Å². The molecule has 27 heavy (non-hydrogen) atoms. The Morgan fingerprint density at radius 2 is 1.19 bits per heavy atom. The first kappa shape index (κ1) is 31.0. The van der Waals surface area contributed by atoms with Gasteiger partial charge in [-0.05, 0) is 19.3 Å². The van der Waals surface area contributed by atoms with Crippen molar-refractivity contribution in [3.63, 3.8) is 0 Å². The van der Waals surface area contributed by atoms with Gasteiger partial charge in [0.1, 0.15) is 0 Å². The van der Waals surface area contributed by atoms with Crippen LogP contribution in [-0.2, 0) is 20.4 Å². The monoisotopic (exact) mass is 410 g/mol. The first-order chi connectivity index (χ1) is 12.7. The maximum absolute atomic E-state index is 10.2. The topological polar surface area (TPSA) is 69.2 Å². The fourth-order valence-electron chi connectivity index (χ4n) is 1.50. The van der Waals surface area contributed by atoms with E-state index in [-0.39, 0.29) is 0 Å². The summed E-state index contributed by atoms with van der Waals surface area (Å²) < 4.78 is 1.47. The van der Waals surface area contributed by atoms with Gasteiger partial charge in [-0.25, -0.2) is 0 Å². The third kappa shape index (κ3) is 41.0. The third-order valence-corrected chi connectivity index (χ3v) is 3.68. The molecule has 4 heteroatoms. The van der Waals surface area contributed by atoms with Crippen LogP contribution in [0, 0.1) is 0 Å². The minimum absolute atomic E-state index is 0.419. The second-order valence-corrected chi connectivity index (χ2v) is 7.36. The molecule has 0 bridgehead atoms. The number of hydrogen-bond donors (Lipinski definition) is 0. The Morgan fingerprint density at radius 1 is 0.852 bits per heavy atom. The molecule has 0 spiro atoms. The number of rotatable bonds is 9. The molecule has 0 radical (unpaired) electrons. The second-order valence-electron chi connectivity index (χ2n) is 6.35. The summed E-state index contributed by atoms with van der Waals surface area (Å²) in [5, 5.41) is 30.7. The molecule has 0 aromatic rings. The van der Waals surface area contributed by atoms with E-state index >= 15 is 0 Å². The van der Waals surface area contributed by atoms with Gasteiger partial charge < -0.3 is 15.3 Å². The molecule has 0 aliphatic heterocycles. The Kier molecular flexibility index (Phi) is 29.0. The van der Waals surface area contributed by atoms with Gasteiger partial charge in [-0.3, -0.25) is 0 Å². The predicted octanol–water partition coefficient (Wildman–Crippen LogP) is 3.48. The van der Waals surface area contributed by atoms with Gasteiger partial charge in [0.25, 0.3) is 0 Å². The zero-order valence-electron chi connectivity index (χ0n) is 17.5. The van der Waals surface area contributed by atoms with Crippen molar-refractivity contribution in [2.24, 2.45) is 0 Å². The van der Waals surface area contributed by atoms with E-state index in [0.29, 0.717) is 0 Å². The van der Waals surface area contributed by atoms with Crippen LogP contribution in [-0.4, -0.2) is 18.3 Å². The summed E-state index contributed by atoms with van der Waals surface area (Å²) in [5.41, 5.74) is 0. The first-order valence-corrected chi connectivity index (χ1v) is 10.4. The standard InChI is InChI=1S/3C6H11O.C5H5.Ti/c3*1-3-4-5-6(2)7;1-2-4-5-3-1;/h3*3,6H,1,4-5H2,2H3;1-3H,4H2;/q3*-1;;+3. The molecule has 3 unspecified atom stereocenters. The van der Waals surface area contributed by atoms with Gasteiger partial charge in [0.15, 0.2) is 0 Å². The van der Waals surface area contributed by atoms with Crippen molar-refractivity contribution in [2.75, 3.05) is 0 Å². The minimum atomic E-state index is -0.419. The van der Waals surface area contributed by atoms with Crippen LogP contribution in [0.25, 0.3) is 0 Å². The van der Waals surface area contributed by atoms with Crippen molar-refractivity contribution in [3.8, 4) is 0 Å². The molecule has 1 rings (SSSR count). The van der Waals surface area contributed by atoms with Crippen molar-refractivity contribution in [3.05, 3.63) is 60.1 Å². The molecule has 0 N–H and O–H groups in total. The van der Waals surface area contributed by atoms with Crippen molar-refractivity contribution < 1.29 is 35.8 Å². The van der Waals surface area contributed by atoms with E-state index in [2.05, 4.69) is 58.4 Å². The molecule has 0 aromatic heterocycles. The van der Waals surface area contributed by atoms with E-state index in [0.717, 1.165) is 38.5 Å². The molecule has 0 fully saturated rings. The Labute approximate surface area is 179 Å². The quantitative estimate of drug-likeness (QED) is 0.432. The Morgan fingerprint density at radius 3 is 1.26 bits per heavy atom. The summed E-state index contributed by atoms with van der Waals surface area (Å²) in [5.74, 6) is 0. The zero-order chi connectivity index (χ0) is 21.5. The zero-order valence-corrected chi connectivity index (χ0v) is 19.1. The molecule has 1 aliphatic rings. The molecule has 0 heterocycles. The SMILES string of the molecule is C=CCCC(C)[O-].C=CCCC(C)[O-].C=CCCC(C)[O-].[Ti+3][C]1=CC=CC1. The molecule has 0 saturated carbocycles. The summed E-state index contributed by atoms with van der Waals surface area (Å²) in [6, 6.07) is 0. The van der Waals surface area contributed by atoms with E-state index in [1.807, 2.05) is 0 Å². The van der Waals surface area contributed by atoms with E-state index in [4.69, 9.17) is 0 Å². The van der Waals surface area contributed by atoms with E-state index in [9.17, 15) is 15.3 Å². The molecular formula is C23H38O3Ti. The molecule has 0 saturated heterocycles. The molecule has 152 valence electrons. The Bertz CT molecular complexity index is 358. The molecule has 1 aliphatic carbocycles. The maximum atomic E-state index is 10.2. The van der Waals surface area contributed by atoms with Gasteiger partial charge in [0.05, 0.1) is 0 Å². The Hall–Kier alpha value is -0.706. The summed E-state index contributed by atoms with van der Waals surface area (Å²) in [7, 11) is 0. The summed E-state index contributed by atoms with van der Waals surface area (Å²) >= 11 is 2.14. The average molecular weight is 410 g/mol. The van der Waals surface area contributed by atoms with E-state index in [1.54, 1.807) is 39.0 Å². The van der Waals surface area contributed by atoms with Crippen molar-refractivity contribution in [1.29, 1.82) is 0 Å². The van der Waals surface area contributed by atoms with Gasteiger partial charge >= 0.3 is 49.0 Å². The third-order valence-electron chi connectivity index (χ3n) is 3.10. The van der Waals surface area contributed by atoms with Gasteiger partial charge in [0, 0.05) is 0 Å². The molecular weight excluding hydrogens is 372 g/mol. The van der Waals surface area contributed by atoms with E-state index < -0.39 is 18.3 Å². The van der Waals surface area contributed by atoms with E-state index in [1.165, 1.54) is 10.3 Å². The van der Waals surface area contributed by atoms with Crippen LogP contribution in [0.1, 0.15) is 65.7 Å². The van der Waals surface area contributed by atoms with Crippen LogP contribution < -0.4 is 15.3 Å². The molecule has 0 amide bonds. The van der Waals surface area contributed by atoms with Gasteiger partial charge in [-0.15, -0.1) is 38.0 Å².